The number of aryl methyl sites for hydroxylation is 1. The molecule has 2 fully saturated rings. The molecule has 0 aromatic heterocycles. The number of aliphatic hydroxyl groups is 1. The van der Waals surface area contributed by atoms with Crippen molar-refractivity contribution in [3.05, 3.63) is 23.8 Å². The van der Waals surface area contributed by atoms with E-state index in [2.05, 4.69) is 34.2 Å². The van der Waals surface area contributed by atoms with Crippen LogP contribution in [0.5, 0.6) is 0 Å². The first-order valence-electron chi connectivity index (χ1n) is 9.59. The fourth-order valence-electron chi connectivity index (χ4n) is 3.95. The molecule has 0 spiro atoms. The molecule has 25 heavy (non-hydrogen) atoms. The number of hydrogen-bond donors (Lipinski definition) is 2. The number of carbonyl (C=O) groups is 1. The number of aliphatic hydroxyl groups excluding tert-OH is 1. The first kappa shape index (κ1) is 18.2. The van der Waals surface area contributed by atoms with Crippen LogP contribution in [-0.2, 0) is 4.79 Å². The second-order valence-electron chi connectivity index (χ2n) is 7.60. The molecule has 2 N–H and O–H groups in total. The minimum atomic E-state index is -0.243. The minimum Gasteiger partial charge on any atom is -0.393 e. The number of piperidine rings is 1. The smallest absolute Gasteiger partial charge is 0.238 e. The van der Waals surface area contributed by atoms with Gasteiger partial charge in [-0.15, -0.1) is 0 Å². The normalized spacial score (nSPS) is 20.7. The van der Waals surface area contributed by atoms with Crippen molar-refractivity contribution in [3.63, 3.8) is 0 Å². The lowest BCUT2D eigenvalue weighted by atomic mass is 9.92. The van der Waals surface area contributed by atoms with Crippen LogP contribution in [0.1, 0.15) is 38.2 Å². The van der Waals surface area contributed by atoms with Crippen molar-refractivity contribution >= 4 is 17.3 Å². The summed E-state index contributed by atoms with van der Waals surface area (Å²) < 4.78 is 0. The average Bonchev–Trinajstić information content (AvgIpc) is 3.11. The van der Waals surface area contributed by atoms with Crippen molar-refractivity contribution in [2.24, 2.45) is 5.92 Å². The maximum Gasteiger partial charge on any atom is 0.238 e. The second kappa shape index (κ2) is 8.19. The molecule has 3 rings (SSSR count). The number of amides is 1. The van der Waals surface area contributed by atoms with Gasteiger partial charge in [0.2, 0.25) is 5.91 Å². The zero-order valence-electron chi connectivity index (χ0n) is 15.5. The van der Waals surface area contributed by atoms with Gasteiger partial charge >= 0.3 is 0 Å². The van der Waals surface area contributed by atoms with Gasteiger partial charge in [0.05, 0.1) is 12.6 Å². The number of likely N-dealkylation sites (tertiary alicyclic amines) is 1. The molecule has 5 heteroatoms. The van der Waals surface area contributed by atoms with Crippen LogP contribution >= 0.6 is 0 Å². The van der Waals surface area contributed by atoms with Gasteiger partial charge in [-0.1, -0.05) is 0 Å². The third-order valence-corrected chi connectivity index (χ3v) is 5.64. The molecule has 2 heterocycles. The fraction of sp³-hybridized carbons (Fsp3) is 0.650. The van der Waals surface area contributed by atoms with E-state index in [0.29, 0.717) is 12.5 Å². The quantitative estimate of drug-likeness (QED) is 0.861. The zero-order valence-corrected chi connectivity index (χ0v) is 15.5. The largest absolute Gasteiger partial charge is 0.393 e. The van der Waals surface area contributed by atoms with Crippen molar-refractivity contribution in [2.45, 2.75) is 45.6 Å². The van der Waals surface area contributed by atoms with Gasteiger partial charge < -0.3 is 15.3 Å². The second-order valence-corrected chi connectivity index (χ2v) is 7.60. The summed E-state index contributed by atoms with van der Waals surface area (Å²) in [5.74, 6) is 0.423. The minimum absolute atomic E-state index is 0.0486. The maximum atomic E-state index is 12.4. The van der Waals surface area contributed by atoms with Crippen molar-refractivity contribution in [1.82, 2.24) is 4.90 Å². The van der Waals surface area contributed by atoms with Gasteiger partial charge in [0.25, 0.3) is 0 Å². The lowest BCUT2D eigenvalue weighted by molar-refractivity contribution is -0.117. The van der Waals surface area contributed by atoms with E-state index in [-0.39, 0.29) is 12.0 Å². The van der Waals surface area contributed by atoms with Gasteiger partial charge in [-0.05, 0) is 82.3 Å². The SMILES string of the molecule is Cc1cc(N2CCCC2)ccc1NC(=O)CN1CCC(C(C)O)CC1. The number of rotatable bonds is 5. The molecule has 0 bridgehead atoms. The lowest BCUT2D eigenvalue weighted by Crippen LogP contribution is -2.41. The number of anilines is 2. The topological polar surface area (TPSA) is 55.8 Å². The standard InChI is InChI=1S/C20H31N3O2/c1-15-13-18(23-9-3-4-10-23)5-6-19(15)21-20(25)14-22-11-7-17(8-12-22)16(2)24/h5-6,13,16-17,24H,3-4,7-12,14H2,1-2H3,(H,21,25). The Morgan fingerprint density at radius 1 is 1.24 bits per heavy atom. The monoisotopic (exact) mass is 345 g/mol. The Labute approximate surface area is 151 Å². The number of nitrogens with one attached hydrogen (secondary N) is 1. The van der Waals surface area contributed by atoms with Crippen molar-refractivity contribution < 1.29 is 9.90 Å². The predicted octanol–water partition coefficient (Wildman–Crippen LogP) is 2.63. The molecule has 1 unspecified atom stereocenters. The summed E-state index contributed by atoms with van der Waals surface area (Å²) in [7, 11) is 0. The molecule has 2 aliphatic rings. The number of carbonyl (C=O) groups excluding carboxylic acids is 1. The fourth-order valence-corrected chi connectivity index (χ4v) is 3.95. The molecule has 138 valence electrons. The summed E-state index contributed by atoms with van der Waals surface area (Å²) in [4.78, 5) is 17.0. The molecule has 1 amide bonds. The molecule has 1 aromatic rings. The van der Waals surface area contributed by atoms with E-state index in [4.69, 9.17) is 0 Å². The summed E-state index contributed by atoms with van der Waals surface area (Å²) >= 11 is 0. The maximum absolute atomic E-state index is 12.4. The van der Waals surface area contributed by atoms with Crippen LogP contribution in [0.3, 0.4) is 0 Å². The first-order chi connectivity index (χ1) is 12.0. The van der Waals surface area contributed by atoms with E-state index in [0.717, 1.165) is 50.3 Å². The molecular weight excluding hydrogens is 314 g/mol. The number of hydrogen-bond acceptors (Lipinski definition) is 4. The van der Waals surface area contributed by atoms with E-state index in [1.54, 1.807) is 0 Å². The van der Waals surface area contributed by atoms with Crippen molar-refractivity contribution in [1.29, 1.82) is 0 Å². The summed E-state index contributed by atoms with van der Waals surface area (Å²) in [5, 5.41) is 12.7. The summed E-state index contributed by atoms with van der Waals surface area (Å²) in [5.41, 5.74) is 3.28. The van der Waals surface area contributed by atoms with E-state index in [1.165, 1.54) is 18.5 Å². The molecule has 2 saturated heterocycles. The highest BCUT2D eigenvalue weighted by molar-refractivity contribution is 5.93. The van der Waals surface area contributed by atoms with Gasteiger partial charge in [0.15, 0.2) is 0 Å². The Morgan fingerprint density at radius 2 is 1.92 bits per heavy atom. The molecular formula is C20H31N3O2. The van der Waals surface area contributed by atoms with Crippen LogP contribution < -0.4 is 10.2 Å². The van der Waals surface area contributed by atoms with Crippen LogP contribution in [-0.4, -0.2) is 54.7 Å². The van der Waals surface area contributed by atoms with Gasteiger partial charge in [-0.25, -0.2) is 0 Å². The summed E-state index contributed by atoms with van der Waals surface area (Å²) in [6.45, 7) is 8.39. The first-order valence-corrected chi connectivity index (χ1v) is 9.59. The van der Waals surface area contributed by atoms with Gasteiger partial charge in [-0.3, -0.25) is 9.69 Å². The summed E-state index contributed by atoms with van der Waals surface area (Å²) in [6, 6.07) is 6.32. The zero-order chi connectivity index (χ0) is 17.8. The third-order valence-electron chi connectivity index (χ3n) is 5.64. The molecule has 5 nitrogen and oxygen atoms in total. The predicted molar refractivity (Wildman–Crippen MR) is 102 cm³/mol. The molecule has 2 aliphatic heterocycles. The van der Waals surface area contributed by atoms with Crippen LogP contribution in [0.4, 0.5) is 11.4 Å². The van der Waals surface area contributed by atoms with Crippen molar-refractivity contribution in [3.8, 4) is 0 Å². The van der Waals surface area contributed by atoms with Gasteiger partial charge in [0, 0.05) is 24.5 Å². The summed E-state index contributed by atoms with van der Waals surface area (Å²) in [6.07, 6.45) is 4.23. The molecule has 0 radical (unpaired) electrons. The Kier molecular flexibility index (Phi) is 5.97. The van der Waals surface area contributed by atoms with Crippen LogP contribution in [0, 0.1) is 12.8 Å². The van der Waals surface area contributed by atoms with Crippen LogP contribution in [0.25, 0.3) is 0 Å². The van der Waals surface area contributed by atoms with Crippen LogP contribution in [0.15, 0.2) is 18.2 Å². The highest BCUT2D eigenvalue weighted by Crippen LogP contribution is 2.26. The Bertz CT molecular complexity index is 589. The molecule has 1 atom stereocenters. The van der Waals surface area contributed by atoms with E-state index in [1.807, 2.05) is 13.0 Å². The number of benzene rings is 1. The van der Waals surface area contributed by atoms with E-state index >= 15 is 0 Å². The average molecular weight is 345 g/mol. The van der Waals surface area contributed by atoms with Crippen molar-refractivity contribution in [2.75, 3.05) is 42.9 Å². The molecule has 1 aromatic carbocycles. The highest BCUT2D eigenvalue weighted by Gasteiger charge is 2.23. The highest BCUT2D eigenvalue weighted by atomic mass is 16.3. The van der Waals surface area contributed by atoms with Crippen LogP contribution in [0.2, 0.25) is 0 Å². The third kappa shape index (κ3) is 4.73. The Morgan fingerprint density at radius 3 is 2.52 bits per heavy atom. The van der Waals surface area contributed by atoms with E-state index in [9.17, 15) is 9.90 Å². The van der Waals surface area contributed by atoms with Gasteiger partial charge in [-0.2, -0.15) is 0 Å². The molecule has 0 saturated carbocycles. The number of nitrogens with zero attached hydrogens (tertiary/aromatic N) is 2. The van der Waals surface area contributed by atoms with Gasteiger partial charge in [0.1, 0.15) is 0 Å². The Balaban J connectivity index is 1.51. The lowest BCUT2D eigenvalue weighted by Gasteiger charge is -2.32. The Hall–Kier alpha value is -1.59. The van der Waals surface area contributed by atoms with E-state index < -0.39 is 0 Å². The molecule has 0 aliphatic carbocycles.